The summed E-state index contributed by atoms with van der Waals surface area (Å²) in [5.74, 6) is -0.817. The van der Waals surface area contributed by atoms with E-state index in [0.29, 0.717) is 6.54 Å². The Bertz CT molecular complexity index is 231. The van der Waals surface area contributed by atoms with Gasteiger partial charge in [0.05, 0.1) is 6.54 Å². The predicted octanol–water partition coefficient (Wildman–Crippen LogP) is 2.31. The first-order valence-corrected chi connectivity index (χ1v) is 4.93. The minimum absolute atomic E-state index is 0.0333. The summed E-state index contributed by atoms with van der Waals surface area (Å²) in [5, 5.41) is 8.74. The van der Waals surface area contributed by atoms with E-state index in [-0.39, 0.29) is 12.1 Å². The summed E-state index contributed by atoms with van der Waals surface area (Å²) in [6.45, 7) is 8.45. The summed E-state index contributed by atoms with van der Waals surface area (Å²) in [5.41, 5.74) is 2.28. The average molecular weight is 220 g/mol. The standard InChI is InChI=1S/C10H18ClNO2/c1-8(5-11)6-12(7-9(13)14)10(2,3)4/h5H,6-7H2,1-4H3,(H,13,14). The molecular weight excluding hydrogens is 202 g/mol. The lowest BCUT2D eigenvalue weighted by Gasteiger charge is -2.34. The van der Waals surface area contributed by atoms with Crippen LogP contribution in [0.3, 0.4) is 0 Å². The van der Waals surface area contributed by atoms with Crippen LogP contribution in [0.4, 0.5) is 0 Å². The Hall–Kier alpha value is -0.540. The smallest absolute Gasteiger partial charge is 0.317 e. The summed E-state index contributed by atoms with van der Waals surface area (Å²) in [6, 6.07) is 0. The van der Waals surface area contributed by atoms with Crippen LogP contribution >= 0.6 is 11.6 Å². The van der Waals surface area contributed by atoms with Gasteiger partial charge in [-0.05, 0) is 33.3 Å². The highest BCUT2D eigenvalue weighted by Crippen LogP contribution is 2.14. The van der Waals surface area contributed by atoms with Crippen molar-refractivity contribution >= 4 is 17.6 Å². The van der Waals surface area contributed by atoms with Crippen LogP contribution in [0.15, 0.2) is 11.1 Å². The zero-order chi connectivity index (χ0) is 11.4. The molecule has 0 aliphatic rings. The Balaban J connectivity index is 4.49. The van der Waals surface area contributed by atoms with E-state index in [1.165, 1.54) is 5.54 Å². The zero-order valence-electron chi connectivity index (χ0n) is 9.17. The fourth-order valence-electron chi connectivity index (χ4n) is 1.03. The van der Waals surface area contributed by atoms with E-state index in [1.807, 2.05) is 32.6 Å². The van der Waals surface area contributed by atoms with Gasteiger partial charge in [-0.3, -0.25) is 9.69 Å². The van der Waals surface area contributed by atoms with Crippen LogP contribution in [-0.4, -0.2) is 34.6 Å². The third kappa shape index (κ3) is 5.25. The van der Waals surface area contributed by atoms with Gasteiger partial charge < -0.3 is 5.11 Å². The monoisotopic (exact) mass is 219 g/mol. The van der Waals surface area contributed by atoms with Gasteiger partial charge in [-0.15, -0.1) is 0 Å². The second-order valence-corrected chi connectivity index (χ2v) is 4.59. The maximum atomic E-state index is 10.6. The number of halogens is 1. The summed E-state index contributed by atoms with van der Waals surface area (Å²) < 4.78 is 0. The molecule has 4 heteroatoms. The highest BCUT2D eigenvalue weighted by molar-refractivity contribution is 6.25. The molecule has 0 saturated heterocycles. The molecule has 0 aromatic carbocycles. The number of carboxylic acids is 1. The number of hydrogen-bond donors (Lipinski definition) is 1. The zero-order valence-corrected chi connectivity index (χ0v) is 9.93. The number of aliphatic carboxylic acids is 1. The molecule has 0 spiro atoms. The molecule has 0 unspecified atom stereocenters. The molecule has 0 aromatic rings. The van der Waals surface area contributed by atoms with Crippen molar-refractivity contribution in [3.05, 3.63) is 11.1 Å². The molecule has 0 fully saturated rings. The Morgan fingerprint density at radius 2 is 1.93 bits per heavy atom. The molecule has 0 saturated carbocycles. The molecule has 0 amide bonds. The number of rotatable bonds is 4. The molecular formula is C10H18ClNO2. The maximum Gasteiger partial charge on any atom is 0.317 e. The normalized spacial score (nSPS) is 13.4. The van der Waals surface area contributed by atoms with Gasteiger partial charge in [-0.2, -0.15) is 0 Å². The second-order valence-electron chi connectivity index (χ2n) is 4.38. The first kappa shape index (κ1) is 13.5. The van der Waals surface area contributed by atoms with Gasteiger partial charge in [0.15, 0.2) is 0 Å². The van der Waals surface area contributed by atoms with E-state index >= 15 is 0 Å². The summed E-state index contributed by atoms with van der Waals surface area (Å²) in [7, 11) is 0. The fourth-order valence-corrected chi connectivity index (χ4v) is 1.10. The molecule has 3 nitrogen and oxygen atoms in total. The van der Waals surface area contributed by atoms with Crippen LogP contribution in [0, 0.1) is 0 Å². The van der Waals surface area contributed by atoms with Crippen molar-refractivity contribution in [2.45, 2.75) is 33.2 Å². The van der Waals surface area contributed by atoms with Crippen molar-refractivity contribution in [3.8, 4) is 0 Å². The van der Waals surface area contributed by atoms with Gasteiger partial charge in [-0.1, -0.05) is 11.6 Å². The molecule has 1 N–H and O–H groups in total. The van der Waals surface area contributed by atoms with Crippen LogP contribution in [0.5, 0.6) is 0 Å². The lowest BCUT2D eigenvalue weighted by atomic mass is 10.1. The molecule has 0 rings (SSSR count). The molecule has 0 radical (unpaired) electrons. The van der Waals surface area contributed by atoms with Crippen LogP contribution in [-0.2, 0) is 4.79 Å². The largest absolute Gasteiger partial charge is 0.480 e. The molecule has 0 aliphatic carbocycles. The van der Waals surface area contributed by atoms with Crippen molar-refractivity contribution < 1.29 is 9.90 Å². The average Bonchev–Trinajstić information content (AvgIpc) is 2.00. The van der Waals surface area contributed by atoms with Gasteiger partial charge in [0.2, 0.25) is 0 Å². The van der Waals surface area contributed by atoms with Gasteiger partial charge in [0, 0.05) is 17.6 Å². The van der Waals surface area contributed by atoms with Crippen molar-refractivity contribution in [2.24, 2.45) is 0 Å². The number of carbonyl (C=O) groups is 1. The van der Waals surface area contributed by atoms with Gasteiger partial charge in [0.25, 0.3) is 0 Å². The quantitative estimate of drug-likeness (QED) is 0.789. The van der Waals surface area contributed by atoms with Gasteiger partial charge in [-0.25, -0.2) is 0 Å². The maximum absolute atomic E-state index is 10.6. The SMILES string of the molecule is CC(=CCl)CN(CC(=O)O)C(C)(C)C. The fraction of sp³-hybridized carbons (Fsp3) is 0.700. The lowest BCUT2D eigenvalue weighted by Crippen LogP contribution is -2.45. The minimum Gasteiger partial charge on any atom is -0.480 e. The lowest BCUT2D eigenvalue weighted by molar-refractivity contribution is -0.139. The summed E-state index contributed by atoms with van der Waals surface area (Å²) in [4.78, 5) is 12.5. The molecule has 0 aromatic heterocycles. The van der Waals surface area contributed by atoms with Crippen molar-refractivity contribution in [1.82, 2.24) is 4.90 Å². The first-order chi connectivity index (χ1) is 6.27. The molecule has 0 aliphatic heterocycles. The first-order valence-electron chi connectivity index (χ1n) is 4.50. The molecule has 0 atom stereocenters. The molecule has 82 valence electrons. The van der Waals surface area contributed by atoms with E-state index in [4.69, 9.17) is 16.7 Å². The van der Waals surface area contributed by atoms with E-state index in [9.17, 15) is 4.79 Å². The van der Waals surface area contributed by atoms with Crippen LogP contribution in [0.2, 0.25) is 0 Å². The van der Waals surface area contributed by atoms with Gasteiger partial charge >= 0.3 is 5.97 Å². The van der Waals surface area contributed by atoms with Crippen molar-refractivity contribution in [2.75, 3.05) is 13.1 Å². The molecule has 14 heavy (non-hydrogen) atoms. The molecule has 0 heterocycles. The van der Waals surface area contributed by atoms with Gasteiger partial charge in [0.1, 0.15) is 0 Å². The predicted molar refractivity (Wildman–Crippen MR) is 58.6 cm³/mol. The second kappa shape index (κ2) is 5.37. The van der Waals surface area contributed by atoms with Crippen LogP contribution < -0.4 is 0 Å². The van der Waals surface area contributed by atoms with E-state index in [1.54, 1.807) is 0 Å². The Labute approximate surface area is 90.4 Å². The van der Waals surface area contributed by atoms with Crippen LogP contribution in [0.1, 0.15) is 27.7 Å². The summed E-state index contributed by atoms with van der Waals surface area (Å²) >= 11 is 5.55. The van der Waals surface area contributed by atoms with E-state index in [0.717, 1.165) is 5.57 Å². The third-order valence-electron chi connectivity index (χ3n) is 1.90. The highest BCUT2D eigenvalue weighted by Gasteiger charge is 2.23. The highest BCUT2D eigenvalue weighted by atomic mass is 35.5. The number of carboxylic acid groups (broad SMARTS) is 1. The minimum atomic E-state index is -0.817. The Morgan fingerprint density at radius 3 is 2.21 bits per heavy atom. The molecule has 0 bridgehead atoms. The van der Waals surface area contributed by atoms with E-state index < -0.39 is 5.97 Å². The van der Waals surface area contributed by atoms with Crippen LogP contribution in [0.25, 0.3) is 0 Å². The Morgan fingerprint density at radius 1 is 1.43 bits per heavy atom. The topological polar surface area (TPSA) is 40.5 Å². The Kier molecular flexibility index (Phi) is 5.16. The van der Waals surface area contributed by atoms with Crippen molar-refractivity contribution in [3.63, 3.8) is 0 Å². The number of hydrogen-bond acceptors (Lipinski definition) is 2. The third-order valence-corrected chi connectivity index (χ3v) is 2.27. The number of nitrogens with zero attached hydrogens (tertiary/aromatic N) is 1. The summed E-state index contributed by atoms with van der Waals surface area (Å²) in [6.07, 6.45) is 0. The van der Waals surface area contributed by atoms with Crippen molar-refractivity contribution in [1.29, 1.82) is 0 Å². The van der Waals surface area contributed by atoms with E-state index in [2.05, 4.69) is 0 Å².